The second kappa shape index (κ2) is 14.5. The van der Waals surface area contributed by atoms with Crippen LogP contribution in [0.15, 0.2) is 45.6 Å². The first-order chi connectivity index (χ1) is 22.0. The van der Waals surface area contributed by atoms with Crippen molar-refractivity contribution in [3.8, 4) is 17.2 Å². The van der Waals surface area contributed by atoms with Crippen LogP contribution in [0.3, 0.4) is 0 Å². The molecule has 2 aliphatic heterocycles. The van der Waals surface area contributed by atoms with Crippen molar-refractivity contribution < 1.29 is 32.6 Å². The number of carbonyl (C=O) groups excluding carboxylic acids is 2. The third kappa shape index (κ3) is 8.31. The van der Waals surface area contributed by atoms with Crippen molar-refractivity contribution in [3.63, 3.8) is 0 Å². The lowest BCUT2D eigenvalue weighted by molar-refractivity contribution is -0.133. The first kappa shape index (κ1) is 33.1. The molecule has 12 nitrogen and oxygen atoms in total. The van der Waals surface area contributed by atoms with E-state index in [4.69, 9.17) is 18.6 Å². The lowest BCUT2D eigenvalue weighted by Gasteiger charge is -2.27. The number of aromatic nitrogens is 1. The van der Waals surface area contributed by atoms with E-state index in [1.165, 1.54) is 11.0 Å². The van der Waals surface area contributed by atoms with Crippen LogP contribution >= 0.6 is 0 Å². The normalized spacial score (nSPS) is 18.5. The maximum atomic E-state index is 15.4. The number of hydrogen-bond donors (Lipinski definition) is 1. The first-order valence-corrected chi connectivity index (χ1v) is 15.5. The Balaban J connectivity index is 1.24. The predicted molar refractivity (Wildman–Crippen MR) is 167 cm³/mol. The molecule has 2 fully saturated rings. The van der Waals surface area contributed by atoms with Crippen molar-refractivity contribution in [2.75, 3.05) is 52.5 Å². The van der Waals surface area contributed by atoms with Crippen molar-refractivity contribution in [1.82, 2.24) is 19.7 Å². The summed E-state index contributed by atoms with van der Waals surface area (Å²) in [6.45, 7) is 9.97. The quantitative estimate of drug-likeness (QED) is 0.394. The monoisotopic (exact) mass is 637 g/mol. The molecule has 3 aromatic rings. The summed E-state index contributed by atoms with van der Waals surface area (Å²) in [5.41, 5.74) is 1.92. The second-order valence-corrected chi connectivity index (χ2v) is 12.5. The fourth-order valence-electron chi connectivity index (χ4n) is 5.50. The maximum absolute atomic E-state index is 15.4. The number of oxazole rings is 1. The minimum Gasteiger partial charge on any atom is -0.444 e. The molecule has 2 aliphatic rings. The Morgan fingerprint density at radius 3 is 2.54 bits per heavy atom. The molecule has 1 aromatic heterocycles. The fourth-order valence-corrected chi connectivity index (χ4v) is 5.50. The lowest BCUT2D eigenvalue weighted by atomic mass is 10.00. The number of nitriles is 1. The molecule has 0 bridgehead atoms. The highest BCUT2D eigenvalue weighted by molar-refractivity contribution is 5.83. The summed E-state index contributed by atoms with van der Waals surface area (Å²) in [7, 11) is 0. The number of morpholine rings is 1. The highest BCUT2D eigenvalue weighted by Crippen LogP contribution is 2.26. The van der Waals surface area contributed by atoms with Crippen LogP contribution in [0.4, 0.5) is 9.18 Å². The molecule has 0 spiro atoms. The summed E-state index contributed by atoms with van der Waals surface area (Å²) in [6, 6.07) is 11.0. The largest absolute Gasteiger partial charge is 0.444 e. The minimum absolute atomic E-state index is 0.0238. The molecule has 246 valence electrons. The van der Waals surface area contributed by atoms with E-state index in [1.807, 2.05) is 6.07 Å². The van der Waals surface area contributed by atoms with Gasteiger partial charge in [-0.05, 0) is 62.1 Å². The summed E-state index contributed by atoms with van der Waals surface area (Å²) in [5.74, 6) is -1.55. The molecule has 46 heavy (non-hydrogen) atoms. The zero-order valence-corrected chi connectivity index (χ0v) is 26.4. The molecule has 3 heterocycles. The van der Waals surface area contributed by atoms with Gasteiger partial charge in [-0.25, -0.2) is 14.0 Å². The third-order valence-electron chi connectivity index (χ3n) is 7.92. The number of rotatable bonds is 8. The Kier molecular flexibility index (Phi) is 10.4. The molecule has 0 radical (unpaired) electrons. The molecule has 2 saturated heterocycles. The van der Waals surface area contributed by atoms with E-state index in [0.717, 1.165) is 13.1 Å². The van der Waals surface area contributed by atoms with Gasteiger partial charge in [0, 0.05) is 45.8 Å². The number of hydrogen-bond acceptors (Lipinski definition) is 9. The van der Waals surface area contributed by atoms with Crippen LogP contribution in [0.2, 0.25) is 0 Å². The number of nitrogens with one attached hydrogen (secondary N) is 1. The van der Waals surface area contributed by atoms with E-state index < -0.39 is 41.3 Å². The summed E-state index contributed by atoms with van der Waals surface area (Å²) >= 11 is 0. The number of carbonyl (C=O) groups is 2. The number of fused-ring (bicyclic) bond motifs is 1. The maximum Gasteiger partial charge on any atom is 0.419 e. The van der Waals surface area contributed by atoms with Crippen LogP contribution in [0, 0.1) is 17.1 Å². The molecule has 0 unspecified atom stereocenters. The molecule has 2 aromatic carbocycles. The van der Waals surface area contributed by atoms with Crippen molar-refractivity contribution in [2.24, 2.45) is 0 Å². The fraction of sp³-hybridized carbons (Fsp3) is 0.515. The Hall–Kier alpha value is -4.25. The molecule has 0 aliphatic carbocycles. The van der Waals surface area contributed by atoms with Gasteiger partial charge in [-0.1, -0.05) is 18.2 Å². The van der Waals surface area contributed by atoms with Crippen LogP contribution in [0.1, 0.15) is 32.8 Å². The van der Waals surface area contributed by atoms with Crippen molar-refractivity contribution in [3.05, 3.63) is 58.3 Å². The zero-order chi connectivity index (χ0) is 32.8. The predicted octanol–water partition coefficient (Wildman–Crippen LogP) is 3.31. The third-order valence-corrected chi connectivity index (χ3v) is 7.92. The van der Waals surface area contributed by atoms with Gasteiger partial charge in [-0.2, -0.15) is 5.26 Å². The van der Waals surface area contributed by atoms with Crippen LogP contribution in [-0.4, -0.2) is 96.7 Å². The molecule has 13 heteroatoms. The van der Waals surface area contributed by atoms with Gasteiger partial charge >= 0.3 is 11.8 Å². The van der Waals surface area contributed by atoms with Crippen molar-refractivity contribution in [2.45, 2.75) is 57.9 Å². The number of benzene rings is 2. The molecule has 1 N–H and O–H groups in total. The van der Waals surface area contributed by atoms with E-state index >= 15 is 4.39 Å². The lowest BCUT2D eigenvalue weighted by Crippen LogP contribution is -2.48. The van der Waals surface area contributed by atoms with Crippen LogP contribution in [-0.2, 0) is 32.0 Å². The molecule has 2 atom stereocenters. The molecule has 0 saturated carbocycles. The smallest absolute Gasteiger partial charge is 0.419 e. The van der Waals surface area contributed by atoms with Gasteiger partial charge in [0.2, 0.25) is 0 Å². The van der Waals surface area contributed by atoms with E-state index in [-0.39, 0.29) is 25.1 Å². The number of ether oxygens (including phenoxy) is 3. The topological polar surface area (TPSA) is 139 Å². The molecule has 2 amide bonds. The highest BCUT2D eigenvalue weighted by atomic mass is 19.1. The zero-order valence-electron chi connectivity index (χ0n) is 26.4. The van der Waals surface area contributed by atoms with Gasteiger partial charge in [0.15, 0.2) is 11.7 Å². The Labute approximate surface area is 266 Å². The Bertz CT molecular complexity index is 1650. The van der Waals surface area contributed by atoms with E-state index in [2.05, 4.69) is 10.2 Å². The summed E-state index contributed by atoms with van der Waals surface area (Å²) < 4.78 is 38.9. The SMILES string of the molecule is CC(C)(C)OC(=O)N1CCCO[C@H](C(=O)N[C@H](C#N)Cc2ccc(-c3ccc4oc(=O)n(CCN5CCOCC5)c4c3)cc2F)C1. The van der Waals surface area contributed by atoms with Gasteiger partial charge in [-0.3, -0.25) is 14.3 Å². The van der Waals surface area contributed by atoms with Gasteiger partial charge in [0.1, 0.15) is 17.5 Å². The van der Waals surface area contributed by atoms with Gasteiger partial charge in [0.25, 0.3) is 5.91 Å². The van der Waals surface area contributed by atoms with Crippen molar-refractivity contribution >= 4 is 23.1 Å². The summed E-state index contributed by atoms with van der Waals surface area (Å²) in [6.07, 6.45) is -1.08. The van der Waals surface area contributed by atoms with Crippen molar-refractivity contribution in [1.29, 1.82) is 5.26 Å². The van der Waals surface area contributed by atoms with Crippen LogP contribution in [0.5, 0.6) is 0 Å². The van der Waals surface area contributed by atoms with Gasteiger partial charge in [0.05, 0.1) is 31.3 Å². The van der Waals surface area contributed by atoms with Crippen LogP contribution in [0.25, 0.3) is 22.2 Å². The average Bonchev–Trinajstić information content (AvgIpc) is 3.16. The molecular weight excluding hydrogens is 597 g/mol. The van der Waals surface area contributed by atoms with Crippen LogP contribution < -0.4 is 11.1 Å². The Morgan fingerprint density at radius 2 is 1.83 bits per heavy atom. The molecular formula is C33H40FN5O7. The first-order valence-electron chi connectivity index (χ1n) is 15.5. The van der Waals surface area contributed by atoms with E-state index in [0.29, 0.717) is 61.5 Å². The van der Waals surface area contributed by atoms with E-state index in [9.17, 15) is 19.6 Å². The molecule has 5 rings (SSSR count). The number of nitrogens with zero attached hydrogens (tertiary/aromatic N) is 4. The van der Waals surface area contributed by atoms with E-state index in [1.54, 1.807) is 55.7 Å². The summed E-state index contributed by atoms with van der Waals surface area (Å²) in [5, 5.41) is 12.4. The standard InChI is InChI=1S/C33H40FN5O7/c1-33(2,3)46-31(41)38-9-4-14-44-29(21-38)30(40)36-25(20-35)17-24-6-5-22(18-26(24)34)23-7-8-28-27(19-23)39(32(42)45-28)11-10-37-12-15-43-16-13-37/h5-8,18-19,25,29H,4,9-17,21H2,1-3H3,(H,36,40)/t25-,29-/m0/s1. The number of amides is 2. The average molecular weight is 638 g/mol. The second-order valence-electron chi connectivity index (χ2n) is 12.5. The van der Waals surface area contributed by atoms with Gasteiger partial charge in [-0.15, -0.1) is 0 Å². The highest BCUT2D eigenvalue weighted by Gasteiger charge is 2.31. The summed E-state index contributed by atoms with van der Waals surface area (Å²) in [4.78, 5) is 41.9. The van der Waals surface area contributed by atoms with Gasteiger partial charge < -0.3 is 28.8 Å². The Morgan fingerprint density at radius 1 is 1.09 bits per heavy atom. The number of halogens is 1. The minimum atomic E-state index is -1.03.